The standard InChI is InChI=1S/C10H20N4/c1-5-11-6-8(2)7-14-10(4)12-9(3)13-14/h8,11H,5-7H2,1-4H3. The Labute approximate surface area is 85.7 Å². The molecule has 14 heavy (non-hydrogen) atoms. The van der Waals surface area contributed by atoms with E-state index in [0.29, 0.717) is 5.92 Å². The van der Waals surface area contributed by atoms with Gasteiger partial charge in [-0.25, -0.2) is 9.67 Å². The zero-order chi connectivity index (χ0) is 10.6. The van der Waals surface area contributed by atoms with E-state index in [4.69, 9.17) is 0 Å². The van der Waals surface area contributed by atoms with Crippen LogP contribution in [-0.2, 0) is 6.54 Å². The molecule has 0 bridgehead atoms. The Hall–Kier alpha value is -0.900. The predicted octanol–water partition coefficient (Wildman–Crippen LogP) is 1.14. The predicted molar refractivity (Wildman–Crippen MR) is 57.2 cm³/mol. The minimum Gasteiger partial charge on any atom is -0.317 e. The van der Waals surface area contributed by atoms with Crippen molar-refractivity contribution in [1.82, 2.24) is 20.1 Å². The van der Waals surface area contributed by atoms with Gasteiger partial charge in [-0.1, -0.05) is 13.8 Å². The van der Waals surface area contributed by atoms with Crippen molar-refractivity contribution in [3.8, 4) is 0 Å². The maximum atomic E-state index is 4.34. The molecule has 0 saturated heterocycles. The van der Waals surface area contributed by atoms with E-state index in [1.165, 1.54) is 0 Å². The van der Waals surface area contributed by atoms with Crippen molar-refractivity contribution in [3.05, 3.63) is 11.6 Å². The summed E-state index contributed by atoms with van der Waals surface area (Å²) in [5.41, 5.74) is 0. The molecule has 0 fully saturated rings. The fraction of sp³-hybridized carbons (Fsp3) is 0.800. The van der Waals surface area contributed by atoms with Gasteiger partial charge in [-0.05, 0) is 32.9 Å². The Kier molecular flexibility index (Phi) is 4.07. The van der Waals surface area contributed by atoms with Gasteiger partial charge in [0.1, 0.15) is 11.6 Å². The monoisotopic (exact) mass is 196 g/mol. The van der Waals surface area contributed by atoms with Crippen LogP contribution in [0.3, 0.4) is 0 Å². The van der Waals surface area contributed by atoms with E-state index in [9.17, 15) is 0 Å². The van der Waals surface area contributed by atoms with Crippen molar-refractivity contribution in [2.75, 3.05) is 13.1 Å². The van der Waals surface area contributed by atoms with E-state index in [-0.39, 0.29) is 0 Å². The Bertz CT molecular complexity index is 280. The van der Waals surface area contributed by atoms with Crippen molar-refractivity contribution in [2.45, 2.75) is 34.2 Å². The average Bonchev–Trinajstić information content (AvgIpc) is 2.42. The molecular weight excluding hydrogens is 176 g/mol. The first kappa shape index (κ1) is 11.2. The van der Waals surface area contributed by atoms with Crippen LogP contribution in [-0.4, -0.2) is 27.9 Å². The van der Waals surface area contributed by atoms with E-state index in [0.717, 1.165) is 31.3 Å². The number of aromatic nitrogens is 3. The van der Waals surface area contributed by atoms with Crippen LogP contribution in [0.2, 0.25) is 0 Å². The molecule has 1 atom stereocenters. The normalized spacial score (nSPS) is 13.1. The summed E-state index contributed by atoms with van der Waals surface area (Å²) >= 11 is 0. The summed E-state index contributed by atoms with van der Waals surface area (Å²) < 4.78 is 1.98. The molecule has 1 aromatic heterocycles. The van der Waals surface area contributed by atoms with Crippen molar-refractivity contribution in [1.29, 1.82) is 0 Å². The molecule has 0 saturated carbocycles. The highest BCUT2D eigenvalue weighted by Crippen LogP contribution is 2.02. The third kappa shape index (κ3) is 3.10. The maximum absolute atomic E-state index is 4.34. The molecule has 0 radical (unpaired) electrons. The lowest BCUT2D eigenvalue weighted by atomic mass is 10.2. The summed E-state index contributed by atoms with van der Waals surface area (Å²) in [6, 6.07) is 0. The van der Waals surface area contributed by atoms with E-state index < -0.39 is 0 Å². The van der Waals surface area contributed by atoms with E-state index in [1.54, 1.807) is 0 Å². The van der Waals surface area contributed by atoms with E-state index in [1.807, 2.05) is 18.5 Å². The van der Waals surface area contributed by atoms with Gasteiger partial charge in [0.25, 0.3) is 0 Å². The lowest BCUT2D eigenvalue weighted by Crippen LogP contribution is -2.24. The molecule has 0 spiro atoms. The highest BCUT2D eigenvalue weighted by Gasteiger charge is 2.06. The maximum Gasteiger partial charge on any atom is 0.147 e. The topological polar surface area (TPSA) is 42.7 Å². The molecule has 1 unspecified atom stereocenters. The van der Waals surface area contributed by atoms with Crippen molar-refractivity contribution in [2.24, 2.45) is 5.92 Å². The Morgan fingerprint density at radius 3 is 2.64 bits per heavy atom. The second-order valence-corrected chi connectivity index (χ2v) is 3.80. The highest BCUT2D eigenvalue weighted by atomic mass is 15.3. The first-order chi connectivity index (χ1) is 6.63. The molecule has 0 amide bonds. The molecule has 0 aliphatic heterocycles. The molecule has 1 aromatic rings. The number of hydrogen-bond acceptors (Lipinski definition) is 3. The smallest absolute Gasteiger partial charge is 0.147 e. The molecule has 0 aromatic carbocycles. The Morgan fingerprint density at radius 1 is 1.43 bits per heavy atom. The summed E-state index contributed by atoms with van der Waals surface area (Å²) in [4.78, 5) is 4.28. The van der Waals surface area contributed by atoms with Crippen LogP contribution in [0.4, 0.5) is 0 Å². The molecular formula is C10H20N4. The van der Waals surface area contributed by atoms with Crippen LogP contribution in [0.1, 0.15) is 25.5 Å². The van der Waals surface area contributed by atoms with Crippen LogP contribution in [0.15, 0.2) is 0 Å². The highest BCUT2D eigenvalue weighted by molar-refractivity contribution is 4.87. The van der Waals surface area contributed by atoms with Gasteiger partial charge < -0.3 is 5.32 Å². The molecule has 1 heterocycles. The lowest BCUT2D eigenvalue weighted by Gasteiger charge is -2.12. The Balaban J connectivity index is 2.47. The van der Waals surface area contributed by atoms with Crippen molar-refractivity contribution < 1.29 is 0 Å². The van der Waals surface area contributed by atoms with Gasteiger partial charge >= 0.3 is 0 Å². The summed E-state index contributed by atoms with van der Waals surface area (Å²) in [5.74, 6) is 2.46. The van der Waals surface area contributed by atoms with Crippen LogP contribution in [0, 0.1) is 19.8 Å². The number of nitrogens with zero attached hydrogens (tertiary/aromatic N) is 3. The van der Waals surface area contributed by atoms with Crippen LogP contribution < -0.4 is 5.32 Å². The van der Waals surface area contributed by atoms with E-state index in [2.05, 4.69) is 29.2 Å². The minimum atomic E-state index is 0.592. The Morgan fingerprint density at radius 2 is 2.14 bits per heavy atom. The van der Waals surface area contributed by atoms with Gasteiger partial charge in [0, 0.05) is 6.54 Å². The van der Waals surface area contributed by atoms with E-state index >= 15 is 0 Å². The molecule has 1 N–H and O–H groups in total. The van der Waals surface area contributed by atoms with Gasteiger partial charge in [0.2, 0.25) is 0 Å². The second kappa shape index (κ2) is 5.10. The molecule has 0 aliphatic carbocycles. The summed E-state index contributed by atoms with van der Waals surface area (Å²) in [6.45, 7) is 11.3. The van der Waals surface area contributed by atoms with Gasteiger partial charge in [0.15, 0.2) is 0 Å². The fourth-order valence-corrected chi connectivity index (χ4v) is 1.48. The number of rotatable bonds is 5. The van der Waals surface area contributed by atoms with Crippen LogP contribution in [0.25, 0.3) is 0 Å². The molecule has 1 rings (SSSR count). The van der Waals surface area contributed by atoms with Gasteiger partial charge in [-0.3, -0.25) is 0 Å². The largest absolute Gasteiger partial charge is 0.317 e. The summed E-state index contributed by atoms with van der Waals surface area (Å²) in [7, 11) is 0. The van der Waals surface area contributed by atoms with Gasteiger partial charge in [-0.15, -0.1) is 0 Å². The minimum absolute atomic E-state index is 0.592. The molecule has 80 valence electrons. The van der Waals surface area contributed by atoms with Crippen molar-refractivity contribution in [3.63, 3.8) is 0 Å². The quantitative estimate of drug-likeness (QED) is 0.768. The van der Waals surface area contributed by atoms with Crippen LogP contribution >= 0.6 is 0 Å². The molecule has 4 nitrogen and oxygen atoms in total. The number of aryl methyl sites for hydroxylation is 2. The van der Waals surface area contributed by atoms with Gasteiger partial charge in [0.05, 0.1) is 0 Å². The van der Waals surface area contributed by atoms with Crippen molar-refractivity contribution >= 4 is 0 Å². The average molecular weight is 196 g/mol. The number of nitrogens with one attached hydrogen (secondary N) is 1. The SMILES string of the molecule is CCNCC(C)Cn1nc(C)nc1C. The fourth-order valence-electron chi connectivity index (χ4n) is 1.48. The lowest BCUT2D eigenvalue weighted by molar-refractivity contribution is 0.419. The zero-order valence-electron chi connectivity index (χ0n) is 9.54. The first-order valence-corrected chi connectivity index (χ1v) is 5.22. The third-order valence-corrected chi connectivity index (χ3v) is 2.19. The third-order valence-electron chi connectivity index (χ3n) is 2.19. The number of hydrogen-bond donors (Lipinski definition) is 1. The second-order valence-electron chi connectivity index (χ2n) is 3.80. The van der Waals surface area contributed by atoms with Gasteiger partial charge in [-0.2, -0.15) is 5.10 Å². The van der Waals surface area contributed by atoms with Crippen LogP contribution in [0.5, 0.6) is 0 Å². The first-order valence-electron chi connectivity index (χ1n) is 5.22. The summed E-state index contributed by atoms with van der Waals surface area (Å²) in [6.07, 6.45) is 0. The molecule has 4 heteroatoms. The molecule has 0 aliphatic rings. The zero-order valence-corrected chi connectivity index (χ0v) is 9.54. The summed E-state index contributed by atoms with van der Waals surface area (Å²) in [5, 5.41) is 7.67.